The first kappa shape index (κ1) is 13.0. The van der Waals surface area contributed by atoms with E-state index in [1.54, 1.807) is 23.1 Å². The molecule has 2 aromatic heterocycles. The summed E-state index contributed by atoms with van der Waals surface area (Å²) in [6, 6.07) is 6.07. The summed E-state index contributed by atoms with van der Waals surface area (Å²) in [6.45, 7) is 1.64. The van der Waals surface area contributed by atoms with Gasteiger partial charge in [-0.15, -0.1) is 11.3 Å². The number of thiophene rings is 1. The molecule has 2 heterocycles. The largest absolute Gasteiger partial charge is 0.382 e. The Bertz CT molecular complexity index is 477. The fraction of sp³-hybridized carbons (Fsp3) is 0.308. The number of methoxy groups -OCH3 is 1. The van der Waals surface area contributed by atoms with Gasteiger partial charge >= 0.3 is 0 Å². The molecule has 0 spiro atoms. The Morgan fingerprint density at radius 3 is 3.06 bits per heavy atom. The fourth-order valence-electron chi connectivity index (χ4n) is 1.39. The molecule has 4 nitrogen and oxygen atoms in total. The van der Waals surface area contributed by atoms with Crippen LogP contribution in [0.25, 0.3) is 12.2 Å². The van der Waals surface area contributed by atoms with Crippen LogP contribution in [0.1, 0.15) is 10.6 Å². The van der Waals surface area contributed by atoms with Crippen molar-refractivity contribution in [3.63, 3.8) is 0 Å². The van der Waals surface area contributed by atoms with Gasteiger partial charge in [0.05, 0.1) is 18.9 Å². The van der Waals surface area contributed by atoms with Gasteiger partial charge in [-0.05, 0) is 29.7 Å². The molecule has 0 bridgehead atoms. The van der Waals surface area contributed by atoms with Crippen LogP contribution in [0.3, 0.4) is 0 Å². The Morgan fingerprint density at radius 1 is 1.33 bits per heavy atom. The Hall–Kier alpha value is -1.43. The first-order chi connectivity index (χ1) is 8.88. The zero-order valence-electron chi connectivity index (χ0n) is 10.3. The van der Waals surface area contributed by atoms with Gasteiger partial charge in [0, 0.05) is 18.2 Å². The number of ether oxygens (including phenoxy) is 2. The number of hydrogen-bond acceptors (Lipinski definition) is 4. The van der Waals surface area contributed by atoms with E-state index in [1.165, 1.54) is 4.88 Å². The van der Waals surface area contributed by atoms with Crippen LogP contribution in [0.4, 0.5) is 0 Å². The molecule has 2 aromatic rings. The van der Waals surface area contributed by atoms with Crippen LogP contribution in [0.5, 0.6) is 0 Å². The molecule has 18 heavy (non-hydrogen) atoms. The molecule has 0 saturated carbocycles. The van der Waals surface area contributed by atoms with Gasteiger partial charge < -0.3 is 9.47 Å². The van der Waals surface area contributed by atoms with Gasteiger partial charge in [0.2, 0.25) is 0 Å². The Labute approximate surface area is 110 Å². The second-order valence-corrected chi connectivity index (χ2v) is 4.64. The number of aromatic nitrogens is 2. The summed E-state index contributed by atoms with van der Waals surface area (Å²) in [4.78, 5) is 1.22. The molecule has 0 amide bonds. The summed E-state index contributed by atoms with van der Waals surface area (Å²) >= 11 is 1.71. The van der Waals surface area contributed by atoms with Crippen LogP contribution in [-0.4, -0.2) is 30.1 Å². The SMILES string of the molecule is COCCOCn1ccc(/C=C/c2cccs2)n1. The highest BCUT2D eigenvalue weighted by molar-refractivity contribution is 7.10. The zero-order valence-corrected chi connectivity index (χ0v) is 11.1. The van der Waals surface area contributed by atoms with Crippen LogP contribution >= 0.6 is 11.3 Å². The van der Waals surface area contributed by atoms with Crippen LogP contribution in [-0.2, 0) is 16.2 Å². The summed E-state index contributed by atoms with van der Waals surface area (Å²) in [5, 5.41) is 6.43. The summed E-state index contributed by atoms with van der Waals surface area (Å²) in [7, 11) is 1.66. The van der Waals surface area contributed by atoms with E-state index >= 15 is 0 Å². The molecule has 0 aliphatic heterocycles. The van der Waals surface area contributed by atoms with Crippen molar-refractivity contribution in [2.45, 2.75) is 6.73 Å². The van der Waals surface area contributed by atoms with Crippen LogP contribution in [0, 0.1) is 0 Å². The second-order valence-electron chi connectivity index (χ2n) is 3.66. The fourth-order valence-corrected chi connectivity index (χ4v) is 2.01. The number of hydrogen-bond donors (Lipinski definition) is 0. The molecular weight excluding hydrogens is 248 g/mol. The maximum atomic E-state index is 5.38. The van der Waals surface area contributed by atoms with Crippen molar-refractivity contribution in [1.82, 2.24) is 9.78 Å². The quantitative estimate of drug-likeness (QED) is 0.721. The highest BCUT2D eigenvalue weighted by Gasteiger charge is 1.96. The molecule has 96 valence electrons. The predicted octanol–water partition coefficient (Wildman–Crippen LogP) is 2.74. The van der Waals surface area contributed by atoms with Crippen LogP contribution < -0.4 is 0 Å². The minimum atomic E-state index is 0.455. The molecule has 2 rings (SSSR count). The average Bonchev–Trinajstić information content (AvgIpc) is 3.03. The van der Waals surface area contributed by atoms with Crippen LogP contribution in [0.2, 0.25) is 0 Å². The molecule has 0 aliphatic rings. The lowest BCUT2D eigenvalue weighted by Crippen LogP contribution is -2.07. The highest BCUT2D eigenvalue weighted by atomic mass is 32.1. The lowest BCUT2D eigenvalue weighted by Gasteiger charge is -2.02. The monoisotopic (exact) mass is 264 g/mol. The van der Waals surface area contributed by atoms with E-state index in [1.807, 2.05) is 24.4 Å². The lowest BCUT2D eigenvalue weighted by atomic mass is 10.3. The average molecular weight is 264 g/mol. The minimum absolute atomic E-state index is 0.455. The van der Waals surface area contributed by atoms with Crippen molar-refractivity contribution in [2.24, 2.45) is 0 Å². The van der Waals surface area contributed by atoms with Gasteiger partial charge in [-0.2, -0.15) is 5.10 Å². The zero-order chi connectivity index (χ0) is 12.6. The van der Waals surface area contributed by atoms with E-state index in [4.69, 9.17) is 9.47 Å². The van der Waals surface area contributed by atoms with E-state index < -0.39 is 0 Å². The van der Waals surface area contributed by atoms with Gasteiger partial charge in [0.1, 0.15) is 6.73 Å². The van der Waals surface area contributed by atoms with E-state index in [-0.39, 0.29) is 0 Å². The van der Waals surface area contributed by atoms with Gasteiger partial charge in [0.15, 0.2) is 0 Å². The third-order valence-corrected chi connectivity index (χ3v) is 3.12. The summed E-state index contributed by atoms with van der Waals surface area (Å²) < 4.78 is 12.0. The third-order valence-electron chi connectivity index (χ3n) is 2.28. The van der Waals surface area contributed by atoms with Crippen molar-refractivity contribution >= 4 is 23.5 Å². The summed E-state index contributed by atoms with van der Waals surface area (Å²) in [5.74, 6) is 0. The van der Waals surface area contributed by atoms with Crippen LogP contribution in [0.15, 0.2) is 29.8 Å². The van der Waals surface area contributed by atoms with E-state index in [2.05, 4.69) is 22.6 Å². The molecule has 0 unspecified atom stereocenters. The second kappa shape index (κ2) is 7.10. The van der Waals surface area contributed by atoms with Gasteiger partial charge in [-0.25, -0.2) is 4.68 Å². The smallest absolute Gasteiger partial charge is 0.139 e. The molecule has 0 fully saturated rings. The maximum Gasteiger partial charge on any atom is 0.139 e. The van der Waals surface area contributed by atoms with Crippen molar-refractivity contribution in [1.29, 1.82) is 0 Å². The van der Waals surface area contributed by atoms with E-state index in [9.17, 15) is 0 Å². The van der Waals surface area contributed by atoms with Crippen molar-refractivity contribution < 1.29 is 9.47 Å². The standard InChI is InChI=1S/C13H16N2O2S/c1-16-8-9-17-11-15-7-6-12(14-15)4-5-13-3-2-10-18-13/h2-7,10H,8-9,11H2,1H3/b5-4+. The predicted molar refractivity (Wildman–Crippen MR) is 73.3 cm³/mol. The van der Waals surface area contributed by atoms with Crippen molar-refractivity contribution in [3.05, 3.63) is 40.3 Å². The van der Waals surface area contributed by atoms with Gasteiger partial charge in [0.25, 0.3) is 0 Å². The maximum absolute atomic E-state index is 5.38. The molecule has 0 atom stereocenters. The summed E-state index contributed by atoms with van der Waals surface area (Å²) in [5.41, 5.74) is 0.929. The Morgan fingerprint density at radius 2 is 2.28 bits per heavy atom. The van der Waals surface area contributed by atoms with E-state index in [0.717, 1.165) is 5.69 Å². The van der Waals surface area contributed by atoms with Crippen molar-refractivity contribution in [3.8, 4) is 0 Å². The molecule has 0 saturated heterocycles. The van der Waals surface area contributed by atoms with Gasteiger partial charge in [-0.1, -0.05) is 6.07 Å². The Kier molecular flexibility index (Phi) is 5.14. The molecule has 0 aromatic carbocycles. The lowest BCUT2D eigenvalue weighted by molar-refractivity contribution is 0.0288. The minimum Gasteiger partial charge on any atom is -0.382 e. The highest BCUT2D eigenvalue weighted by Crippen LogP contribution is 2.12. The molecule has 0 radical (unpaired) electrons. The van der Waals surface area contributed by atoms with E-state index in [0.29, 0.717) is 19.9 Å². The number of rotatable bonds is 7. The van der Waals surface area contributed by atoms with Gasteiger partial charge in [-0.3, -0.25) is 0 Å². The normalized spacial score (nSPS) is 11.4. The first-order valence-corrected chi connectivity index (χ1v) is 6.58. The molecular formula is C13H16N2O2S. The molecule has 5 heteroatoms. The first-order valence-electron chi connectivity index (χ1n) is 5.70. The Balaban J connectivity index is 1.82. The van der Waals surface area contributed by atoms with Crippen molar-refractivity contribution in [2.75, 3.05) is 20.3 Å². The third kappa shape index (κ3) is 4.10. The molecule has 0 N–H and O–H groups in total. The summed E-state index contributed by atoms with van der Waals surface area (Å²) in [6.07, 6.45) is 5.96. The molecule has 0 aliphatic carbocycles. The number of nitrogens with zero attached hydrogens (tertiary/aromatic N) is 2. The topological polar surface area (TPSA) is 36.3 Å².